The fraction of sp³-hybridized carbons (Fsp3) is 0.250. The van der Waals surface area contributed by atoms with Gasteiger partial charge in [-0.3, -0.25) is 9.88 Å². The van der Waals surface area contributed by atoms with Gasteiger partial charge in [-0.15, -0.1) is 0 Å². The molecule has 0 bridgehead atoms. The predicted molar refractivity (Wildman–Crippen MR) is 94.5 cm³/mol. The van der Waals surface area contributed by atoms with E-state index in [1.807, 2.05) is 12.4 Å². The molecule has 0 aliphatic carbocycles. The van der Waals surface area contributed by atoms with Crippen LogP contribution in [0.1, 0.15) is 18.1 Å². The molecule has 3 nitrogen and oxygen atoms in total. The van der Waals surface area contributed by atoms with E-state index in [-0.39, 0.29) is 0 Å². The first kappa shape index (κ1) is 15.5. The molecule has 3 aromatic rings. The molecule has 0 atom stereocenters. The largest absolute Gasteiger partial charge is 0.496 e. The summed E-state index contributed by atoms with van der Waals surface area (Å²) in [6.07, 6.45) is 3.70. The minimum atomic E-state index is 0.864. The molecule has 23 heavy (non-hydrogen) atoms. The van der Waals surface area contributed by atoms with E-state index in [4.69, 9.17) is 4.74 Å². The Hall–Kier alpha value is -2.39. The highest BCUT2D eigenvalue weighted by Gasteiger charge is 2.12. The van der Waals surface area contributed by atoms with Crippen molar-refractivity contribution in [1.82, 2.24) is 9.88 Å². The second-order valence-corrected chi connectivity index (χ2v) is 5.63. The molecule has 0 spiro atoms. The minimum absolute atomic E-state index is 0.864. The van der Waals surface area contributed by atoms with Crippen LogP contribution in [0.2, 0.25) is 0 Å². The fourth-order valence-electron chi connectivity index (χ4n) is 2.92. The van der Waals surface area contributed by atoms with Crippen molar-refractivity contribution in [3.8, 4) is 5.75 Å². The van der Waals surface area contributed by atoms with E-state index in [0.717, 1.165) is 25.4 Å². The average molecular weight is 306 g/mol. The number of fused-ring (bicyclic) bond motifs is 1. The number of hydrogen-bond acceptors (Lipinski definition) is 3. The molecule has 1 aromatic heterocycles. The molecule has 3 heteroatoms. The van der Waals surface area contributed by atoms with Gasteiger partial charge in [-0.05, 0) is 41.1 Å². The van der Waals surface area contributed by atoms with Crippen molar-refractivity contribution >= 4 is 10.8 Å². The number of hydrogen-bond donors (Lipinski definition) is 0. The standard InChI is InChI=1S/C20H22N2O/c1-3-22(14-16-10-12-21-13-11-16)15-19-18-7-5-4-6-17(18)8-9-20(19)23-2/h4-13H,3,14-15H2,1-2H3. The number of pyridine rings is 1. The lowest BCUT2D eigenvalue weighted by Crippen LogP contribution is -2.22. The van der Waals surface area contributed by atoms with Crippen molar-refractivity contribution in [1.29, 1.82) is 0 Å². The van der Waals surface area contributed by atoms with Crippen LogP contribution in [0.4, 0.5) is 0 Å². The van der Waals surface area contributed by atoms with Crippen molar-refractivity contribution in [2.45, 2.75) is 20.0 Å². The average Bonchev–Trinajstić information content (AvgIpc) is 2.62. The van der Waals surface area contributed by atoms with Crippen molar-refractivity contribution in [2.75, 3.05) is 13.7 Å². The maximum atomic E-state index is 5.61. The normalized spacial score (nSPS) is 11.1. The van der Waals surface area contributed by atoms with Crippen LogP contribution < -0.4 is 4.74 Å². The minimum Gasteiger partial charge on any atom is -0.496 e. The lowest BCUT2D eigenvalue weighted by molar-refractivity contribution is 0.267. The summed E-state index contributed by atoms with van der Waals surface area (Å²) in [5, 5.41) is 2.52. The van der Waals surface area contributed by atoms with Gasteiger partial charge in [0.2, 0.25) is 0 Å². The Morgan fingerprint density at radius 2 is 1.74 bits per heavy atom. The first-order valence-electron chi connectivity index (χ1n) is 7.97. The Morgan fingerprint density at radius 3 is 2.48 bits per heavy atom. The fourth-order valence-corrected chi connectivity index (χ4v) is 2.92. The number of benzene rings is 2. The summed E-state index contributed by atoms with van der Waals surface area (Å²) in [6.45, 7) is 4.95. The van der Waals surface area contributed by atoms with Crippen molar-refractivity contribution in [3.63, 3.8) is 0 Å². The van der Waals surface area contributed by atoms with Crippen LogP contribution in [0.25, 0.3) is 10.8 Å². The van der Waals surface area contributed by atoms with Gasteiger partial charge in [0.05, 0.1) is 7.11 Å². The Kier molecular flexibility index (Phi) is 4.89. The zero-order valence-corrected chi connectivity index (χ0v) is 13.7. The Morgan fingerprint density at radius 1 is 0.957 bits per heavy atom. The predicted octanol–water partition coefficient (Wildman–Crippen LogP) is 4.27. The van der Waals surface area contributed by atoms with Gasteiger partial charge in [0.25, 0.3) is 0 Å². The highest BCUT2D eigenvalue weighted by molar-refractivity contribution is 5.87. The molecule has 0 aliphatic rings. The number of rotatable bonds is 6. The second-order valence-electron chi connectivity index (χ2n) is 5.63. The summed E-state index contributed by atoms with van der Waals surface area (Å²) in [5.41, 5.74) is 2.53. The van der Waals surface area contributed by atoms with Crippen molar-refractivity contribution < 1.29 is 4.74 Å². The summed E-state index contributed by atoms with van der Waals surface area (Å²) in [6, 6.07) is 16.8. The van der Waals surface area contributed by atoms with Gasteiger partial charge in [-0.1, -0.05) is 37.3 Å². The van der Waals surface area contributed by atoms with E-state index >= 15 is 0 Å². The lowest BCUT2D eigenvalue weighted by Gasteiger charge is -2.23. The second kappa shape index (κ2) is 7.25. The van der Waals surface area contributed by atoms with E-state index in [1.54, 1.807) is 7.11 Å². The molecule has 0 amide bonds. The van der Waals surface area contributed by atoms with Gasteiger partial charge < -0.3 is 4.74 Å². The van der Waals surface area contributed by atoms with Gasteiger partial charge in [-0.2, -0.15) is 0 Å². The summed E-state index contributed by atoms with van der Waals surface area (Å²) in [7, 11) is 1.74. The van der Waals surface area contributed by atoms with Gasteiger partial charge in [0.15, 0.2) is 0 Å². The molecule has 0 saturated carbocycles. The highest BCUT2D eigenvalue weighted by atomic mass is 16.5. The molecular weight excluding hydrogens is 284 g/mol. The molecule has 0 aliphatic heterocycles. The Balaban J connectivity index is 1.92. The zero-order chi connectivity index (χ0) is 16.1. The third-order valence-corrected chi connectivity index (χ3v) is 4.20. The highest BCUT2D eigenvalue weighted by Crippen LogP contribution is 2.29. The zero-order valence-electron chi connectivity index (χ0n) is 13.7. The molecule has 118 valence electrons. The number of methoxy groups -OCH3 is 1. The van der Waals surface area contributed by atoms with Crippen LogP contribution in [0.3, 0.4) is 0 Å². The van der Waals surface area contributed by atoms with Crippen molar-refractivity contribution in [3.05, 3.63) is 72.1 Å². The maximum Gasteiger partial charge on any atom is 0.123 e. The summed E-state index contributed by atoms with van der Waals surface area (Å²) in [4.78, 5) is 6.51. The lowest BCUT2D eigenvalue weighted by atomic mass is 10.0. The summed E-state index contributed by atoms with van der Waals surface area (Å²) >= 11 is 0. The molecule has 0 N–H and O–H groups in total. The third kappa shape index (κ3) is 3.51. The van der Waals surface area contributed by atoms with Crippen molar-refractivity contribution in [2.24, 2.45) is 0 Å². The van der Waals surface area contributed by atoms with Crippen LogP contribution in [0, 0.1) is 0 Å². The third-order valence-electron chi connectivity index (χ3n) is 4.20. The molecule has 0 fully saturated rings. The maximum absolute atomic E-state index is 5.61. The van der Waals surface area contributed by atoms with Gasteiger partial charge in [-0.25, -0.2) is 0 Å². The molecule has 2 aromatic carbocycles. The number of aromatic nitrogens is 1. The van der Waals surface area contributed by atoms with E-state index < -0.39 is 0 Å². The van der Waals surface area contributed by atoms with Crippen LogP contribution in [-0.4, -0.2) is 23.5 Å². The summed E-state index contributed by atoms with van der Waals surface area (Å²) < 4.78 is 5.61. The topological polar surface area (TPSA) is 25.4 Å². The van der Waals surface area contributed by atoms with Crippen LogP contribution in [-0.2, 0) is 13.1 Å². The molecule has 0 radical (unpaired) electrons. The smallest absolute Gasteiger partial charge is 0.123 e. The SMILES string of the molecule is CCN(Cc1ccncc1)Cc1c(OC)ccc2ccccc12. The van der Waals surface area contributed by atoms with Gasteiger partial charge in [0, 0.05) is 31.0 Å². The molecule has 1 heterocycles. The van der Waals surface area contributed by atoms with Crippen LogP contribution in [0.15, 0.2) is 60.9 Å². The molecular formula is C20H22N2O. The van der Waals surface area contributed by atoms with E-state index in [1.165, 1.54) is 21.9 Å². The van der Waals surface area contributed by atoms with E-state index in [0.29, 0.717) is 0 Å². The Bertz CT molecular complexity index is 771. The molecule has 0 saturated heterocycles. The number of nitrogens with zero attached hydrogens (tertiary/aromatic N) is 2. The summed E-state index contributed by atoms with van der Waals surface area (Å²) in [5.74, 6) is 0.955. The number of ether oxygens (including phenoxy) is 1. The Labute approximate surface area is 137 Å². The molecule has 0 unspecified atom stereocenters. The van der Waals surface area contributed by atoms with E-state index in [2.05, 4.69) is 65.3 Å². The van der Waals surface area contributed by atoms with E-state index in [9.17, 15) is 0 Å². The first-order valence-corrected chi connectivity index (χ1v) is 7.97. The monoisotopic (exact) mass is 306 g/mol. The first-order chi connectivity index (χ1) is 11.3. The van der Waals surface area contributed by atoms with Crippen LogP contribution >= 0.6 is 0 Å². The van der Waals surface area contributed by atoms with Crippen LogP contribution in [0.5, 0.6) is 5.75 Å². The van der Waals surface area contributed by atoms with Gasteiger partial charge in [0.1, 0.15) is 5.75 Å². The van der Waals surface area contributed by atoms with Gasteiger partial charge >= 0.3 is 0 Å². The quantitative estimate of drug-likeness (QED) is 0.680. The molecule has 3 rings (SSSR count).